The van der Waals surface area contributed by atoms with Gasteiger partial charge in [0.15, 0.2) is 0 Å². The van der Waals surface area contributed by atoms with Crippen LogP contribution in [-0.2, 0) is 0 Å². The number of nitrogens with one attached hydrogen (secondary N) is 1. The van der Waals surface area contributed by atoms with E-state index in [0.717, 1.165) is 46.1 Å². The van der Waals surface area contributed by atoms with Crippen molar-refractivity contribution in [3.63, 3.8) is 0 Å². The number of aromatic nitrogens is 2. The number of benzene rings is 1. The first-order chi connectivity index (χ1) is 12.0. The third-order valence-electron chi connectivity index (χ3n) is 4.76. The van der Waals surface area contributed by atoms with E-state index in [1.807, 2.05) is 34.7 Å². The van der Waals surface area contributed by atoms with Gasteiger partial charge in [0.05, 0.1) is 16.3 Å². The number of halogens is 1. The highest BCUT2D eigenvalue weighted by Crippen LogP contribution is 2.32. The van der Waals surface area contributed by atoms with Gasteiger partial charge in [-0.1, -0.05) is 18.2 Å². The molecule has 0 saturated carbocycles. The van der Waals surface area contributed by atoms with Crippen LogP contribution in [0, 0.1) is 13.8 Å². The van der Waals surface area contributed by atoms with Gasteiger partial charge in [-0.3, -0.25) is 4.79 Å². The number of thiophene rings is 1. The van der Waals surface area contributed by atoms with Crippen LogP contribution >= 0.6 is 23.7 Å². The number of piperazine rings is 1. The van der Waals surface area contributed by atoms with E-state index in [1.54, 1.807) is 11.3 Å². The van der Waals surface area contributed by atoms with E-state index in [4.69, 9.17) is 5.10 Å². The average Bonchev–Trinajstić information content (AvgIpc) is 3.16. The highest BCUT2D eigenvalue weighted by molar-refractivity contribution is 7.20. The third-order valence-corrected chi connectivity index (χ3v) is 5.85. The second-order valence-corrected chi connectivity index (χ2v) is 7.75. The predicted molar refractivity (Wildman–Crippen MR) is 109 cm³/mol. The normalized spacial score (nSPS) is 17.3. The van der Waals surface area contributed by atoms with Gasteiger partial charge in [0.2, 0.25) is 0 Å². The zero-order valence-electron chi connectivity index (χ0n) is 15.2. The Morgan fingerprint density at radius 2 is 2.08 bits per heavy atom. The van der Waals surface area contributed by atoms with Crippen LogP contribution in [0.15, 0.2) is 30.3 Å². The molecule has 1 amide bonds. The summed E-state index contributed by atoms with van der Waals surface area (Å²) in [7, 11) is 0. The Hall–Kier alpha value is -1.89. The zero-order chi connectivity index (χ0) is 17.6. The van der Waals surface area contributed by atoms with Gasteiger partial charge in [0.25, 0.3) is 5.91 Å². The number of para-hydroxylation sites is 1. The molecule has 1 fully saturated rings. The van der Waals surface area contributed by atoms with Gasteiger partial charge in [-0.2, -0.15) is 5.10 Å². The Bertz CT molecular complexity index is 948. The number of amides is 1. The third kappa shape index (κ3) is 3.24. The minimum absolute atomic E-state index is 0. The van der Waals surface area contributed by atoms with Crippen molar-refractivity contribution in [2.75, 3.05) is 19.6 Å². The molecule has 138 valence electrons. The molecule has 5 nitrogen and oxygen atoms in total. The first kappa shape index (κ1) is 18.9. The molecule has 0 aliphatic carbocycles. The van der Waals surface area contributed by atoms with Crippen molar-refractivity contribution in [2.45, 2.75) is 26.8 Å². The van der Waals surface area contributed by atoms with Crippen molar-refractivity contribution in [1.82, 2.24) is 20.0 Å². The molecular formula is C19H23ClN4OS. The molecule has 0 unspecified atom stereocenters. The molecule has 1 aromatic carbocycles. The quantitative estimate of drug-likeness (QED) is 0.727. The Balaban J connectivity index is 0.00000196. The predicted octanol–water partition coefficient (Wildman–Crippen LogP) is 3.56. The van der Waals surface area contributed by atoms with Gasteiger partial charge >= 0.3 is 0 Å². The summed E-state index contributed by atoms with van der Waals surface area (Å²) in [5, 5.41) is 9.15. The Kier molecular flexibility index (Phi) is 5.37. The number of hydrogen-bond acceptors (Lipinski definition) is 4. The van der Waals surface area contributed by atoms with Crippen molar-refractivity contribution in [2.24, 2.45) is 0 Å². The number of hydrogen-bond donors (Lipinski definition) is 1. The molecule has 0 bridgehead atoms. The fourth-order valence-electron chi connectivity index (χ4n) is 3.39. The van der Waals surface area contributed by atoms with Crippen molar-refractivity contribution in [3.05, 3.63) is 46.5 Å². The summed E-state index contributed by atoms with van der Waals surface area (Å²) < 4.78 is 1.97. The molecule has 2 aromatic heterocycles. The van der Waals surface area contributed by atoms with Crippen LogP contribution in [0.5, 0.6) is 0 Å². The van der Waals surface area contributed by atoms with Gasteiger partial charge in [-0.25, -0.2) is 4.68 Å². The fourth-order valence-corrected chi connectivity index (χ4v) is 4.53. The Morgan fingerprint density at radius 1 is 1.31 bits per heavy atom. The van der Waals surface area contributed by atoms with E-state index in [-0.39, 0.29) is 18.3 Å². The van der Waals surface area contributed by atoms with Gasteiger partial charge < -0.3 is 10.2 Å². The van der Waals surface area contributed by atoms with Crippen molar-refractivity contribution < 1.29 is 4.79 Å². The molecule has 4 rings (SSSR count). The summed E-state index contributed by atoms with van der Waals surface area (Å²) in [6, 6.07) is 10.6. The lowest BCUT2D eigenvalue weighted by atomic mass is 10.2. The maximum Gasteiger partial charge on any atom is 0.264 e. The van der Waals surface area contributed by atoms with E-state index >= 15 is 0 Å². The molecule has 0 radical (unpaired) electrons. The van der Waals surface area contributed by atoms with Crippen LogP contribution in [0.1, 0.15) is 27.9 Å². The van der Waals surface area contributed by atoms with E-state index in [9.17, 15) is 4.79 Å². The van der Waals surface area contributed by atoms with Crippen LogP contribution < -0.4 is 5.32 Å². The highest BCUT2D eigenvalue weighted by Gasteiger charge is 2.24. The minimum atomic E-state index is 0. The number of aryl methyl sites for hydroxylation is 2. The maximum absolute atomic E-state index is 12.9. The summed E-state index contributed by atoms with van der Waals surface area (Å²) in [4.78, 5) is 16.7. The molecule has 1 aliphatic heterocycles. The van der Waals surface area contributed by atoms with Gasteiger partial charge in [0.1, 0.15) is 4.83 Å². The summed E-state index contributed by atoms with van der Waals surface area (Å²) >= 11 is 1.54. The van der Waals surface area contributed by atoms with Gasteiger partial charge in [-0.15, -0.1) is 23.7 Å². The molecule has 3 heterocycles. The van der Waals surface area contributed by atoms with Crippen LogP contribution in [0.3, 0.4) is 0 Å². The van der Waals surface area contributed by atoms with Crippen molar-refractivity contribution >= 4 is 39.9 Å². The second-order valence-electron chi connectivity index (χ2n) is 6.72. The Labute approximate surface area is 163 Å². The smallest absolute Gasteiger partial charge is 0.264 e. The van der Waals surface area contributed by atoms with Gasteiger partial charge in [0, 0.05) is 31.1 Å². The summed E-state index contributed by atoms with van der Waals surface area (Å²) in [5.41, 5.74) is 3.20. The molecule has 0 spiro atoms. The number of rotatable bonds is 2. The summed E-state index contributed by atoms with van der Waals surface area (Å²) in [5.74, 6) is 0.130. The fraction of sp³-hybridized carbons (Fsp3) is 0.368. The number of nitrogens with zero attached hydrogens (tertiary/aromatic N) is 3. The van der Waals surface area contributed by atoms with Crippen LogP contribution in [-0.4, -0.2) is 46.3 Å². The molecule has 7 heteroatoms. The molecular weight excluding hydrogens is 368 g/mol. The molecule has 1 atom stereocenters. The first-order valence-electron chi connectivity index (χ1n) is 8.62. The van der Waals surface area contributed by atoms with E-state index in [1.165, 1.54) is 5.56 Å². The standard InChI is InChI=1S/C19H22N4OS.ClH/c1-12-6-4-5-7-16(12)23-19-15(14(3)21-23)10-17(25-19)18(24)22-9-8-20-13(2)11-22;/h4-7,10,13,20H,8-9,11H2,1-3H3;1H/t13-;/m1./s1. The largest absolute Gasteiger partial charge is 0.335 e. The number of carbonyl (C=O) groups is 1. The van der Waals surface area contributed by atoms with Gasteiger partial charge in [-0.05, 0) is 38.5 Å². The average molecular weight is 391 g/mol. The van der Waals surface area contributed by atoms with Crippen molar-refractivity contribution in [1.29, 1.82) is 0 Å². The maximum atomic E-state index is 12.9. The summed E-state index contributed by atoms with van der Waals surface area (Å²) in [6.07, 6.45) is 0. The molecule has 26 heavy (non-hydrogen) atoms. The molecule has 1 saturated heterocycles. The lowest BCUT2D eigenvalue weighted by Gasteiger charge is -2.31. The molecule has 1 aliphatic rings. The Morgan fingerprint density at radius 3 is 2.81 bits per heavy atom. The first-order valence-corrected chi connectivity index (χ1v) is 9.44. The summed E-state index contributed by atoms with van der Waals surface area (Å²) in [6.45, 7) is 8.58. The van der Waals surface area contributed by atoms with Crippen LogP contribution in [0.4, 0.5) is 0 Å². The number of carbonyl (C=O) groups excluding carboxylic acids is 1. The minimum Gasteiger partial charge on any atom is -0.335 e. The molecule has 1 N–H and O–H groups in total. The topological polar surface area (TPSA) is 50.2 Å². The van der Waals surface area contributed by atoms with Crippen LogP contribution in [0.25, 0.3) is 15.9 Å². The van der Waals surface area contributed by atoms with E-state index < -0.39 is 0 Å². The highest BCUT2D eigenvalue weighted by atomic mass is 35.5. The lowest BCUT2D eigenvalue weighted by molar-refractivity contribution is 0.0714. The van der Waals surface area contributed by atoms with Crippen molar-refractivity contribution in [3.8, 4) is 5.69 Å². The van der Waals surface area contributed by atoms with Crippen LogP contribution in [0.2, 0.25) is 0 Å². The monoisotopic (exact) mass is 390 g/mol. The van der Waals surface area contributed by atoms with E-state index in [0.29, 0.717) is 6.04 Å². The zero-order valence-corrected chi connectivity index (χ0v) is 16.8. The second kappa shape index (κ2) is 7.39. The number of fused-ring (bicyclic) bond motifs is 1. The SMILES string of the molecule is Cc1ccccc1-n1nc(C)c2cc(C(=O)N3CCN[C@H](C)C3)sc21.Cl. The lowest BCUT2D eigenvalue weighted by Crippen LogP contribution is -2.51. The molecule has 3 aromatic rings. The van der Waals surface area contributed by atoms with E-state index in [2.05, 4.69) is 31.3 Å².